The molecular weight excluding hydrogens is 382 g/mol. The SMILES string of the molecule is CCO[C@@H]1CN(Cc2ccccc2)C(=O)[C@@]2(CCCN(C(=O)c3cc(C)no3)C2)C1. The van der Waals surface area contributed by atoms with Crippen molar-refractivity contribution in [1.29, 1.82) is 0 Å². The highest BCUT2D eigenvalue weighted by atomic mass is 16.5. The summed E-state index contributed by atoms with van der Waals surface area (Å²) in [6.07, 6.45) is 2.16. The lowest BCUT2D eigenvalue weighted by atomic mass is 9.72. The van der Waals surface area contributed by atoms with Crippen molar-refractivity contribution in [2.24, 2.45) is 5.41 Å². The standard InChI is InChI=1S/C23H29N3O4/c1-3-29-19-13-23(22(28)26(15-19)14-18-8-5-4-6-9-18)10-7-11-25(16-23)21(27)20-12-17(2)24-30-20/h4-6,8-9,12,19H,3,7,10-11,13-16H2,1-2H3/t19-,23-/m0/s1. The largest absolute Gasteiger partial charge is 0.377 e. The van der Waals surface area contributed by atoms with E-state index in [1.165, 1.54) is 0 Å². The first-order valence-corrected chi connectivity index (χ1v) is 10.7. The zero-order valence-corrected chi connectivity index (χ0v) is 17.7. The number of likely N-dealkylation sites (tertiary alicyclic amines) is 2. The van der Waals surface area contributed by atoms with Crippen LogP contribution in [-0.4, -0.2) is 59.1 Å². The van der Waals surface area contributed by atoms with E-state index >= 15 is 0 Å². The lowest BCUT2D eigenvalue weighted by Gasteiger charge is -2.49. The molecule has 0 unspecified atom stereocenters. The third-order valence-electron chi connectivity index (χ3n) is 6.10. The highest BCUT2D eigenvalue weighted by Gasteiger charge is 2.50. The lowest BCUT2D eigenvalue weighted by molar-refractivity contribution is -0.159. The van der Waals surface area contributed by atoms with Gasteiger partial charge in [0, 0.05) is 38.9 Å². The Hall–Kier alpha value is -2.67. The van der Waals surface area contributed by atoms with Gasteiger partial charge in [0.2, 0.25) is 11.7 Å². The maximum atomic E-state index is 13.7. The molecule has 2 aliphatic heterocycles. The van der Waals surface area contributed by atoms with Gasteiger partial charge in [-0.15, -0.1) is 0 Å². The second kappa shape index (κ2) is 8.60. The Morgan fingerprint density at radius 1 is 1.33 bits per heavy atom. The van der Waals surface area contributed by atoms with Crippen LogP contribution in [0.15, 0.2) is 40.9 Å². The van der Waals surface area contributed by atoms with Crippen molar-refractivity contribution in [2.75, 3.05) is 26.2 Å². The quantitative estimate of drug-likeness (QED) is 0.756. The van der Waals surface area contributed by atoms with E-state index in [1.807, 2.05) is 42.2 Å². The molecule has 30 heavy (non-hydrogen) atoms. The van der Waals surface area contributed by atoms with Gasteiger partial charge in [0.25, 0.3) is 5.91 Å². The van der Waals surface area contributed by atoms with Gasteiger partial charge >= 0.3 is 0 Å². The molecule has 0 N–H and O–H groups in total. The molecule has 0 radical (unpaired) electrons. The van der Waals surface area contributed by atoms with Gasteiger partial charge in [-0.05, 0) is 38.7 Å². The van der Waals surface area contributed by atoms with Crippen LogP contribution in [0, 0.1) is 12.3 Å². The monoisotopic (exact) mass is 411 g/mol. The molecule has 2 amide bonds. The smallest absolute Gasteiger partial charge is 0.292 e. The number of hydrogen-bond donors (Lipinski definition) is 0. The molecule has 160 valence electrons. The summed E-state index contributed by atoms with van der Waals surface area (Å²) in [6, 6.07) is 11.7. The first-order valence-electron chi connectivity index (χ1n) is 10.7. The molecule has 7 nitrogen and oxygen atoms in total. The summed E-state index contributed by atoms with van der Waals surface area (Å²) in [5, 5.41) is 3.83. The summed E-state index contributed by atoms with van der Waals surface area (Å²) >= 11 is 0. The molecule has 7 heteroatoms. The minimum atomic E-state index is -0.615. The van der Waals surface area contributed by atoms with Crippen LogP contribution >= 0.6 is 0 Å². The van der Waals surface area contributed by atoms with Crippen LogP contribution in [0.2, 0.25) is 0 Å². The van der Waals surface area contributed by atoms with Gasteiger partial charge in [-0.3, -0.25) is 9.59 Å². The third-order valence-corrected chi connectivity index (χ3v) is 6.10. The fourth-order valence-corrected chi connectivity index (χ4v) is 4.81. The summed E-state index contributed by atoms with van der Waals surface area (Å²) < 4.78 is 11.2. The van der Waals surface area contributed by atoms with Gasteiger partial charge in [-0.25, -0.2) is 0 Å². The Morgan fingerprint density at radius 3 is 2.83 bits per heavy atom. The Kier molecular flexibility index (Phi) is 5.90. The van der Waals surface area contributed by atoms with Crippen molar-refractivity contribution in [2.45, 2.75) is 45.8 Å². The fraction of sp³-hybridized carbons (Fsp3) is 0.522. The summed E-state index contributed by atoms with van der Waals surface area (Å²) in [6.45, 7) is 6.52. The molecular formula is C23H29N3O4. The molecule has 2 atom stereocenters. The number of nitrogens with zero attached hydrogens (tertiary/aromatic N) is 3. The van der Waals surface area contributed by atoms with E-state index in [9.17, 15) is 9.59 Å². The minimum absolute atomic E-state index is 0.0287. The number of aryl methyl sites for hydroxylation is 1. The fourth-order valence-electron chi connectivity index (χ4n) is 4.81. The van der Waals surface area contributed by atoms with E-state index in [2.05, 4.69) is 5.16 Å². The molecule has 0 saturated carbocycles. The molecule has 1 aromatic heterocycles. The average molecular weight is 412 g/mol. The van der Waals surface area contributed by atoms with Gasteiger partial charge in [0.1, 0.15) is 0 Å². The van der Waals surface area contributed by atoms with E-state index in [1.54, 1.807) is 17.9 Å². The van der Waals surface area contributed by atoms with Gasteiger partial charge in [0.05, 0.1) is 17.2 Å². The maximum Gasteiger partial charge on any atom is 0.292 e. The van der Waals surface area contributed by atoms with Crippen LogP contribution < -0.4 is 0 Å². The highest BCUT2D eigenvalue weighted by Crippen LogP contribution is 2.41. The molecule has 1 aromatic carbocycles. The number of piperidine rings is 2. The first-order chi connectivity index (χ1) is 14.5. The predicted molar refractivity (Wildman–Crippen MR) is 111 cm³/mol. The summed E-state index contributed by atoms with van der Waals surface area (Å²) in [7, 11) is 0. The topological polar surface area (TPSA) is 75.9 Å². The number of carbonyl (C=O) groups is 2. The third kappa shape index (κ3) is 4.12. The van der Waals surface area contributed by atoms with E-state index in [4.69, 9.17) is 9.26 Å². The second-order valence-corrected chi connectivity index (χ2v) is 8.40. The number of carbonyl (C=O) groups excluding carboxylic acids is 2. The molecule has 3 heterocycles. The summed E-state index contributed by atoms with van der Waals surface area (Å²) in [4.78, 5) is 30.3. The lowest BCUT2D eigenvalue weighted by Crippen LogP contribution is -2.60. The zero-order chi connectivity index (χ0) is 21.1. The van der Waals surface area contributed by atoms with Crippen molar-refractivity contribution in [3.8, 4) is 0 Å². The van der Waals surface area contributed by atoms with Crippen molar-refractivity contribution >= 4 is 11.8 Å². The van der Waals surface area contributed by atoms with Crippen LogP contribution in [0.25, 0.3) is 0 Å². The normalized spacial score (nSPS) is 24.5. The molecule has 2 fully saturated rings. The number of benzene rings is 1. The number of rotatable bonds is 5. The van der Waals surface area contributed by atoms with Gasteiger partial charge in [0.15, 0.2) is 0 Å². The van der Waals surface area contributed by atoms with Crippen LogP contribution in [0.5, 0.6) is 0 Å². The molecule has 1 spiro atoms. The molecule has 2 aliphatic rings. The number of aromatic nitrogens is 1. The molecule has 2 saturated heterocycles. The van der Waals surface area contributed by atoms with E-state index in [0.717, 1.165) is 18.4 Å². The van der Waals surface area contributed by atoms with Crippen molar-refractivity contribution in [1.82, 2.24) is 15.0 Å². The molecule has 0 aliphatic carbocycles. The summed E-state index contributed by atoms with van der Waals surface area (Å²) in [5.41, 5.74) is 1.15. The molecule has 2 aromatic rings. The summed E-state index contributed by atoms with van der Waals surface area (Å²) in [5.74, 6) is 0.152. The van der Waals surface area contributed by atoms with Crippen LogP contribution in [0.3, 0.4) is 0 Å². The van der Waals surface area contributed by atoms with E-state index in [0.29, 0.717) is 44.9 Å². The molecule has 0 bridgehead atoms. The Bertz CT molecular complexity index is 897. The number of hydrogen-bond acceptors (Lipinski definition) is 5. The van der Waals surface area contributed by atoms with E-state index < -0.39 is 5.41 Å². The van der Waals surface area contributed by atoms with Crippen LogP contribution in [0.1, 0.15) is 48.0 Å². The Balaban J connectivity index is 1.57. The Labute approximate surface area is 177 Å². The second-order valence-electron chi connectivity index (χ2n) is 8.40. The van der Waals surface area contributed by atoms with Gasteiger partial charge in [-0.2, -0.15) is 0 Å². The van der Waals surface area contributed by atoms with Crippen LogP contribution in [0.4, 0.5) is 0 Å². The molecule has 4 rings (SSSR count). The Morgan fingerprint density at radius 2 is 2.13 bits per heavy atom. The van der Waals surface area contributed by atoms with E-state index in [-0.39, 0.29) is 23.7 Å². The van der Waals surface area contributed by atoms with Gasteiger partial charge < -0.3 is 19.1 Å². The van der Waals surface area contributed by atoms with Crippen molar-refractivity contribution in [3.63, 3.8) is 0 Å². The highest BCUT2D eigenvalue weighted by molar-refractivity contribution is 5.92. The number of ether oxygens (including phenoxy) is 1. The van der Waals surface area contributed by atoms with Crippen molar-refractivity contribution in [3.05, 3.63) is 53.4 Å². The predicted octanol–water partition coefficient (Wildman–Crippen LogP) is 3.04. The average Bonchev–Trinajstić information content (AvgIpc) is 3.19. The number of amides is 2. The van der Waals surface area contributed by atoms with Crippen molar-refractivity contribution < 1.29 is 18.8 Å². The first kappa shape index (κ1) is 20.6. The minimum Gasteiger partial charge on any atom is -0.377 e. The van der Waals surface area contributed by atoms with Gasteiger partial charge in [-0.1, -0.05) is 35.5 Å². The van der Waals surface area contributed by atoms with Crippen LogP contribution in [-0.2, 0) is 16.1 Å². The maximum absolute atomic E-state index is 13.7. The zero-order valence-electron chi connectivity index (χ0n) is 17.7.